The van der Waals surface area contributed by atoms with Gasteiger partial charge in [0, 0.05) is 136 Å². The standard InChI is InChI=1S/C36H49N5O2S.C26H31ClN2OS.C10H19N3O/c1-24-19-25(2)21-26(20-24)33-29(11-14-38-15-17-39(18-16-38)23-32(42)40-12-5-6-13-40)30-22-31(44-34(30)37-33)36(3,4)35(43)41-27-7-8-28(41)10-9-27;1-15-11-16(2)13-17(12-15)23-20(9-10-27)21-14-22(31-24(21)28-23)26(3,4)25(30)29-18-5-6-19(29)8-7-18;14-10(13-5-1-2-6-13)9-12-7-3-11-4-8-12/h19-22,27-28,37H,5-18,23H2,1-4H3;11-14,18-19,28H,5-10H2,1-4H3;11H,1-9H2. The third kappa shape index (κ3) is 13.7. The van der Waals surface area contributed by atoms with Crippen LogP contribution in [0.2, 0.25) is 0 Å². The first-order valence-corrected chi connectivity index (χ1v) is 36.1. The Labute approximate surface area is 542 Å². The minimum Gasteiger partial charge on any atom is -0.346 e. The number of carbonyl (C=O) groups is 4. The number of halogens is 1. The van der Waals surface area contributed by atoms with Crippen LogP contribution in [0.3, 0.4) is 0 Å². The Morgan fingerprint density at radius 1 is 0.483 bits per heavy atom. The number of alkyl halides is 1. The highest BCUT2D eigenvalue weighted by atomic mass is 35.5. The number of amides is 4. The lowest BCUT2D eigenvalue weighted by Gasteiger charge is -2.35. The number of H-pyrrole nitrogens is 2. The number of fused-ring (bicyclic) bond motifs is 6. The number of piperazine rings is 2. The van der Waals surface area contributed by atoms with Gasteiger partial charge < -0.3 is 39.8 Å². The van der Waals surface area contributed by atoms with Crippen molar-refractivity contribution in [1.82, 2.24) is 49.6 Å². The Bertz CT molecular complexity index is 3430. The third-order valence-electron chi connectivity index (χ3n) is 21.2. The highest BCUT2D eigenvalue weighted by Gasteiger charge is 2.49. The van der Waals surface area contributed by atoms with Crippen molar-refractivity contribution in [2.45, 2.75) is 180 Å². The fourth-order valence-electron chi connectivity index (χ4n) is 16.2. The van der Waals surface area contributed by atoms with Crippen LogP contribution in [-0.4, -0.2) is 196 Å². The predicted molar refractivity (Wildman–Crippen MR) is 366 cm³/mol. The maximum atomic E-state index is 14.0. The van der Waals surface area contributed by atoms with Crippen LogP contribution in [0.5, 0.6) is 0 Å². The molecule has 0 spiro atoms. The number of hydrogen-bond acceptors (Lipinski definition) is 10. The molecule has 4 bridgehead atoms. The van der Waals surface area contributed by atoms with E-state index in [1.807, 2.05) is 9.80 Å². The van der Waals surface area contributed by atoms with Crippen molar-refractivity contribution in [3.8, 4) is 22.5 Å². The van der Waals surface area contributed by atoms with E-state index < -0.39 is 10.8 Å². The van der Waals surface area contributed by atoms with Gasteiger partial charge in [0.1, 0.15) is 9.66 Å². The quantitative estimate of drug-likeness (QED) is 0.0866. The van der Waals surface area contributed by atoms with Crippen LogP contribution in [0.4, 0.5) is 0 Å². The second-order valence-corrected chi connectivity index (χ2v) is 31.0. The zero-order valence-electron chi connectivity index (χ0n) is 54.6. The van der Waals surface area contributed by atoms with E-state index in [9.17, 15) is 19.2 Å². The molecular formula is C72H99ClN10O4S2. The third-order valence-corrected chi connectivity index (χ3v) is 24.2. The molecule has 0 saturated carbocycles. The van der Waals surface area contributed by atoms with E-state index in [1.165, 1.54) is 141 Å². The van der Waals surface area contributed by atoms with Crippen molar-refractivity contribution in [3.05, 3.63) is 91.7 Å². The Kier molecular flexibility index (Phi) is 19.6. The number of hydrogen-bond donors (Lipinski definition) is 3. The monoisotopic (exact) mass is 1270 g/mol. The lowest BCUT2D eigenvalue weighted by Crippen LogP contribution is -2.50. The van der Waals surface area contributed by atoms with E-state index in [4.69, 9.17) is 11.6 Å². The highest BCUT2D eigenvalue weighted by Crippen LogP contribution is 2.47. The fourth-order valence-corrected chi connectivity index (χ4v) is 18.8. The molecule has 4 aromatic heterocycles. The molecule has 8 fully saturated rings. The molecule has 0 radical (unpaired) electrons. The van der Waals surface area contributed by atoms with Crippen LogP contribution in [0, 0.1) is 27.7 Å². The maximum absolute atomic E-state index is 14.0. The van der Waals surface area contributed by atoms with Crippen LogP contribution in [0.25, 0.3) is 42.9 Å². The lowest BCUT2D eigenvalue weighted by molar-refractivity contribution is -0.138. The lowest BCUT2D eigenvalue weighted by atomic mass is 9.88. The molecular weight excluding hydrogens is 1170 g/mol. The Morgan fingerprint density at radius 3 is 1.22 bits per heavy atom. The van der Waals surface area contributed by atoms with Crippen molar-refractivity contribution in [3.63, 3.8) is 0 Å². The topological polar surface area (TPSA) is 135 Å². The summed E-state index contributed by atoms with van der Waals surface area (Å²) in [6.07, 6.45) is 15.8. The van der Waals surface area contributed by atoms with Crippen molar-refractivity contribution < 1.29 is 19.2 Å². The Hall–Kier alpha value is -5.07. The molecule has 14 nitrogen and oxygen atoms in total. The van der Waals surface area contributed by atoms with Gasteiger partial charge in [0.15, 0.2) is 0 Å². The summed E-state index contributed by atoms with van der Waals surface area (Å²) in [7, 11) is 0. The van der Waals surface area contributed by atoms with Gasteiger partial charge in [-0.15, -0.1) is 34.3 Å². The molecule has 0 atom stereocenters. The Balaban J connectivity index is 0.000000147. The van der Waals surface area contributed by atoms with Crippen LogP contribution >= 0.6 is 34.3 Å². The van der Waals surface area contributed by atoms with Crippen LogP contribution in [-0.2, 0) is 42.8 Å². The van der Waals surface area contributed by atoms with Gasteiger partial charge >= 0.3 is 0 Å². The molecule has 3 N–H and O–H groups in total. The molecule has 0 aliphatic carbocycles. The molecule has 14 rings (SSSR count). The molecule has 6 aromatic rings. The van der Waals surface area contributed by atoms with E-state index in [0.29, 0.717) is 66.8 Å². The minimum atomic E-state index is -0.532. The molecule has 17 heteroatoms. The molecule has 2 aromatic carbocycles. The summed E-state index contributed by atoms with van der Waals surface area (Å²) in [5.74, 6) is 1.81. The highest BCUT2D eigenvalue weighted by molar-refractivity contribution is 7.19. The smallest absolute Gasteiger partial charge is 0.236 e. The average molecular weight is 1270 g/mol. The number of nitrogens with zero attached hydrogens (tertiary/aromatic N) is 7. The van der Waals surface area contributed by atoms with Crippen LogP contribution in [0.15, 0.2) is 48.5 Å². The molecule has 8 aliphatic rings. The van der Waals surface area contributed by atoms with Gasteiger partial charge in [-0.2, -0.15) is 0 Å². The first kappa shape index (κ1) is 64.1. The van der Waals surface area contributed by atoms with E-state index in [-0.39, 0.29) is 0 Å². The summed E-state index contributed by atoms with van der Waals surface area (Å²) in [5, 5.41) is 5.79. The molecule has 480 valence electrons. The summed E-state index contributed by atoms with van der Waals surface area (Å²) in [4.78, 5) is 79.8. The van der Waals surface area contributed by atoms with Gasteiger partial charge in [0.05, 0.1) is 35.3 Å². The van der Waals surface area contributed by atoms with Gasteiger partial charge in [-0.25, -0.2) is 0 Å². The maximum Gasteiger partial charge on any atom is 0.236 e. The second-order valence-electron chi connectivity index (χ2n) is 28.5. The number of aromatic amines is 2. The second kappa shape index (κ2) is 27.2. The SMILES string of the molecule is Cc1cc(C)cc(-c2[nH]c3sc(C(C)(C)C(=O)N4C5CCC4CC5)cc3c2CCCl)c1.Cc1cc(C)cc(-c2[nH]c3sc(C(C)(C)C(=O)N4C5CCC4CC5)cc3c2CCN2CCN(CC(=O)N3CCCC3)CC2)c1.O=C(CN1CCNCC1)N1CCCC1. The van der Waals surface area contributed by atoms with E-state index in [0.717, 1.165) is 120 Å². The van der Waals surface area contributed by atoms with E-state index in [1.54, 1.807) is 22.7 Å². The first-order valence-electron chi connectivity index (χ1n) is 33.9. The predicted octanol–water partition coefficient (Wildman–Crippen LogP) is 12.0. The van der Waals surface area contributed by atoms with Gasteiger partial charge in [-0.3, -0.25) is 29.0 Å². The summed E-state index contributed by atoms with van der Waals surface area (Å²) in [6, 6.07) is 19.9. The van der Waals surface area contributed by atoms with E-state index in [2.05, 4.69) is 144 Å². The van der Waals surface area contributed by atoms with Crippen molar-refractivity contribution in [2.75, 3.05) is 104 Å². The van der Waals surface area contributed by atoms with Gasteiger partial charge in [-0.1, -0.05) is 34.4 Å². The summed E-state index contributed by atoms with van der Waals surface area (Å²) >= 11 is 9.72. The zero-order valence-corrected chi connectivity index (χ0v) is 57.0. The molecule has 12 heterocycles. The number of nitrogens with one attached hydrogen (secondary N) is 3. The van der Waals surface area contributed by atoms with Crippen molar-refractivity contribution in [1.29, 1.82) is 0 Å². The number of rotatable bonds is 15. The number of benzene rings is 2. The summed E-state index contributed by atoms with van der Waals surface area (Å²) in [5.41, 5.74) is 11.5. The summed E-state index contributed by atoms with van der Waals surface area (Å²) in [6.45, 7) is 31.1. The molecule has 8 aliphatic heterocycles. The van der Waals surface area contributed by atoms with E-state index >= 15 is 0 Å². The molecule has 0 unspecified atom stereocenters. The van der Waals surface area contributed by atoms with Crippen molar-refractivity contribution in [2.24, 2.45) is 0 Å². The number of likely N-dealkylation sites (tertiary alicyclic amines) is 2. The normalized spacial score (nSPS) is 22.4. The number of carbonyl (C=O) groups excluding carboxylic acids is 4. The van der Waals surface area contributed by atoms with Gasteiger partial charge in [0.25, 0.3) is 0 Å². The number of aromatic nitrogens is 2. The van der Waals surface area contributed by atoms with Gasteiger partial charge in [0.2, 0.25) is 23.6 Å². The number of thiophene rings is 2. The molecule has 89 heavy (non-hydrogen) atoms. The summed E-state index contributed by atoms with van der Waals surface area (Å²) < 4.78 is 0. The molecule has 8 saturated heterocycles. The number of aryl methyl sites for hydroxylation is 5. The largest absolute Gasteiger partial charge is 0.346 e. The average Bonchev–Trinajstić information content (AvgIpc) is 1.66. The minimum absolute atomic E-state index is 0.301. The van der Waals surface area contributed by atoms with Gasteiger partial charge in [-0.05, 0) is 204 Å². The van der Waals surface area contributed by atoms with Crippen molar-refractivity contribution >= 4 is 78.3 Å². The zero-order chi connectivity index (χ0) is 62.3. The Morgan fingerprint density at radius 2 is 0.843 bits per heavy atom. The van der Waals surface area contributed by atoms with Crippen LogP contribution in [0.1, 0.15) is 148 Å². The fraction of sp³-hybridized carbons (Fsp3) is 0.611. The van der Waals surface area contributed by atoms with Crippen LogP contribution < -0.4 is 5.32 Å². The first-order chi connectivity index (χ1) is 42.8. The molecule has 4 amide bonds.